The fraction of sp³-hybridized carbons (Fsp3) is 0.333. The van der Waals surface area contributed by atoms with Gasteiger partial charge in [-0.15, -0.1) is 0 Å². The first-order valence-corrected chi connectivity index (χ1v) is 8.43. The first kappa shape index (κ1) is 20.7. The molecule has 0 radical (unpaired) electrons. The van der Waals surface area contributed by atoms with Crippen LogP contribution in [-0.4, -0.2) is 38.6 Å². The lowest BCUT2D eigenvalue weighted by atomic mass is 10.0. The molecule has 2 aliphatic rings. The van der Waals surface area contributed by atoms with Crippen LogP contribution in [-0.2, 0) is 9.47 Å². The van der Waals surface area contributed by atoms with Crippen molar-refractivity contribution in [2.24, 2.45) is 0 Å². The number of hydrogen-bond donors (Lipinski definition) is 0. The standard InChI is InChI=1S/C18H10F8O4/c19-9-7(10(20)14(24)17(13(9)23)29-3-5-1-27-5)8-11(21)15(25)18(16(26)12(8)22)30-4-6-2-28-6/h5-6H,1-4H2/t5-,6-/m0/s1. The molecule has 2 heterocycles. The van der Waals surface area contributed by atoms with Crippen LogP contribution in [0.2, 0.25) is 0 Å². The number of ether oxygens (including phenoxy) is 4. The van der Waals surface area contributed by atoms with Crippen molar-refractivity contribution in [1.82, 2.24) is 0 Å². The van der Waals surface area contributed by atoms with Crippen LogP contribution >= 0.6 is 0 Å². The van der Waals surface area contributed by atoms with Gasteiger partial charge in [0.1, 0.15) is 25.4 Å². The average molecular weight is 442 g/mol. The summed E-state index contributed by atoms with van der Waals surface area (Å²) in [6.07, 6.45) is -1.08. The van der Waals surface area contributed by atoms with Crippen molar-refractivity contribution in [3.8, 4) is 22.6 Å². The molecule has 0 unspecified atom stereocenters. The van der Waals surface area contributed by atoms with Crippen molar-refractivity contribution < 1.29 is 54.1 Å². The molecule has 162 valence electrons. The maximum absolute atomic E-state index is 14.4. The van der Waals surface area contributed by atoms with Crippen LogP contribution in [0, 0.1) is 46.5 Å². The molecule has 0 aromatic heterocycles. The van der Waals surface area contributed by atoms with Crippen molar-refractivity contribution in [2.45, 2.75) is 12.2 Å². The Morgan fingerprint density at radius 2 is 0.800 bits per heavy atom. The van der Waals surface area contributed by atoms with Crippen LogP contribution < -0.4 is 9.47 Å². The zero-order valence-corrected chi connectivity index (χ0v) is 14.6. The van der Waals surface area contributed by atoms with Gasteiger partial charge in [0.2, 0.25) is 23.3 Å². The van der Waals surface area contributed by atoms with Gasteiger partial charge >= 0.3 is 0 Å². The Kier molecular flexibility index (Phi) is 5.22. The maximum atomic E-state index is 14.4. The van der Waals surface area contributed by atoms with E-state index >= 15 is 0 Å². The van der Waals surface area contributed by atoms with Crippen molar-refractivity contribution >= 4 is 0 Å². The van der Waals surface area contributed by atoms with Crippen LogP contribution in [0.15, 0.2) is 0 Å². The number of hydrogen-bond acceptors (Lipinski definition) is 4. The third kappa shape index (κ3) is 3.54. The normalized spacial score (nSPS) is 19.7. The molecule has 2 atom stereocenters. The highest BCUT2D eigenvalue weighted by Gasteiger charge is 2.36. The monoisotopic (exact) mass is 442 g/mol. The highest BCUT2D eigenvalue weighted by atomic mass is 19.2. The molecule has 2 fully saturated rings. The van der Waals surface area contributed by atoms with E-state index in [4.69, 9.17) is 9.47 Å². The lowest BCUT2D eigenvalue weighted by Gasteiger charge is -2.16. The molecule has 0 N–H and O–H groups in total. The molecule has 12 heteroatoms. The first-order valence-electron chi connectivity index (χ1n) is 8.43. The van der Waals surface area contributed by atoms with E-state index < -0.39 is 94.6 Å². The third-order valence-electron chi connectivity index (χ3n) is 4.33. The second-order valence-corrected chi connectivity index (χ2v) is 6.45. The van der Waals surface area contributed by atoms with Gasteiger partial charge in [0, 0.05) is 0 Å². The van der Waals surface area contributed by atoms with E-state index in [-0.39, 0.29) is 13.2 Å². The minimum Gasteiger partial charge on any atom is -0.485 e. The summed E-state index contributed by atoms with van der Waals surface area (Å²) in [6, 6.07) is 0. The fourth-order valence-electron chi connectivity index (χ4n) is 2.60. The minimum atomic E-state index is -2.31. The molecule has 4 nitrogen and oxygen atoms in total. The van der Waals surface area contributed by atoms with E-state index in [1.54, 1.807) is 0 Å². The molecule has 0 saturated carbocycles. The smallest absolute Gasteiger partial charge is 0.204 e. The van der Waals surface area contributed by atoms with Crippen molar-refractivity contribution in [3.05, 3.63) is 46.5 Å². The van der Waals surface area contributed by atoms with E-state index in [0.717, 1.165) is 0 Å². The lowest BCUT2D eigenvalue weighted by molar-refractivity contribution is 0.235. The highest BCUT2D eigenvalue weighted by molar-refractivity contribution is 5.69. The van der Waals surface area contributed by atoms with Gasteiger partial charge in [-0.2, -0.15) is 17.6 Å². The predicted octanol–water partition coefficient (Wildman–Crippen LogP) is 4.02. The number of benzene rings is 2. The molecule has 2 aromatic carbocycles. The molecule has 0 aliphatic carbocycles. The number of rotatable bonds is 7. The molecular formula is C18H10F8O4. The van der Waals surface area contributed by atoms with Crippen LogP contribution in [0.4, 0.5) is 35.1 Å². The maximum Gasteiger partial charge on any atom is 0.204 e. The second kappa shape index (κ2) is 7.58. The molecule has 30 heavy (non-hydrogen) atoms. The van der Waals surface area contributed by atoms with Crippen LogP contribution in [0.25, 0.3) is 11.1 Å². The van der Waals surface area contributed by atoms with Crippen LogP contribution in [0.1, 0.15) is 0 Å². The van der Waals surface area contributed by atoms with Crippen LogP contribution in [0.5, 0.6) is 11.5 Å². The summed E-state index contributed by atoms with van der Waals surface area (Å²) < 4.78 is 133. The summed E-state index contributed by atoms with van der Waals surface area (Å²) in [7, 11) is 0. The average Bonchev–Trinajstić information content (AvgIpc) is 3.62. The zero-order chi connectivity index (χ0) is 21.7. The molecule has 0 bridgehead atoms. The summed E-state index contributed by atoms with van der Waals surface area (Å²) >= 11 is 0. The molecule has 0 spiro atoms. The predicted molar refractivity (Wildman–Crippen MR) is 82.0 cm³/mol. The molecule has 2 saturated heterocycles. The largest absolute Gasteiger partial charge is 0.485 e. The third-order valence-corrected chi connectivity index (χ3v) is 4.33. The first-order chi connectivity index (χ1) is 14.2. The fourth-order valence-corrected chi connectivity index (χ4v) is 2.60. The van der Waals surface area contributed by atoms with Crippen molar-refractivity contribution in [1.29, 1.82) is 0 Å². The topological polar surface area (TPSA) is 43.5 Å². The van der Waals surface area contributed by atoms with Crippen molar-refractivity contribution in [2.75, 3.05) is 26.4 Å². The van der Waals surface area contributed by atoms with E-state index in [0.29, 0.717) is 0 Å². The number of halogens is 8. The minimum absolute atomic E-state index is 0.197. The molecule has 0 amide bonds. The molecule has 2 aromatic rings. The quantitative estimate of drug-likeness (QED) is 0.369. The summed E-state index contributed by atoms with van der Waals surface area (Å²) in [4.78, 5) is 0. The van der Waals surface area contributed by atoms with Gasteiger partial charge in [-0.25, -0.2) is 17.6 Å². The SMILES string of the molecule is Fc1c(F)c(-c2c(F)c(F)c(OC[C@@H]3CO3)c(F)c2F)c(F)c(F)c1OC[C@@H]1CO1. The second-order valence-electron chi connectivity index (χ2n) is 6.45. The zero-order valence-electron chi connectivity index (χ0n) is 14.6. The summed E-state index contributed by atoms with van der Waals surface area (Å²) in [6.45, 7) is -0.505. The molecule has 4 rings (SSSR count). The van der Waals surface area contributed by atoms with E-state index in [9.17, 15) is 35.1 Å². The van der Waals surface area contributed by atoms with Gasteiger partial charge in [0.05, 0.1) is 24.3 Å². The van der Waals surface area contributed by atoms with Gasteiger partial charge in [-0.3, -0.25) is 0 Å². The summed E-state index contributed by atoms with van der Waals surface area (Å²) in [5.74, 6) is -20.8. The Balaban J connectivity index is 1.81. The van der Waals surface area contributed by atoms with Gasteiger partial charge in [0.25, 0.3) is 0 Å². The number of epoxide rings is 2. The van der Waals surface area contributed by atoms with Gasteiger partial charge in [0.15, 0.2) is 34.8 Å². The van der Waals surface area contributed by atoms with Gasteiger partial charge < -0.3 is 18.9 Å². The highest BCUT2D eigenvalue weighted by Crippen LogP contribution is 2.41. The van der Waals surface area contributed by atoms with E-state index in [1.807, 2.05) is 0 Å². The summed E-state index contributed by atoms with van der Waals surface area (Å²) in [5, 5.41) is 0. The molecule has 2 aliphatic heterocycles. The Labute approximate surface area is 162 Å². The Morgan fingerprint density at radius 3 is 1.03 bits per heavy atom. The van der Waals surface area contributed by atoms with E-state index in [1.165, 1.54) is 0 Å². The lowest BCUT2D eigenvalue weighted by Crippen LogP contribution is -2.13. The Bertz CT molecular complexity index is 881. The summed E-state index contributed by atoms with van der Waals surface area (Å²) in [5.41, 5.74) is -3.96. The van der Waals surface area contributed by atoms with Crippen molar-refractivity contribution in [3.63, 3.8) is 0 Å². The Morgan fingerprint density at radius 1 is 0.533 bits per heavy atom. The van der Waals surface area contributed by atoms with E-state index in [2.05, 4.69) is 9.47 Å². The van der Waals surface area contributed by atoms with Gasteiger partial charge in [-0.05, 0) is 0 Å². The Hall–Kier alpha value is -2.60. The molecular weight excluding hydrogens is 432 g/mol. The van der Waals surface area contributed by atoms with Crippen LogP contribution in [0.3, 0.4) is 0 Å². The van der Waals surface area contributed by atoms with Gasteiger partial charge in [-0.1, -0.05) is 0 Å².